The molecule has 1 atom stereocenters. The summed E-state index contributed by atoms with van der Waals surface area (Å²) in [4.78, 5) is 15.9. The third-order valence-corrected chi connectivity index (χ3v) is 5.68. The lowest BCUT2D eigenvalue weighted by Crippen LogP contribution is -2.36. The molecule has 0 aliphatic heterocycles. The summed E-state index contributed by atoms with van der Waals surface area (Å²) in [5, 5.41) is 4.79. The quantitative estimate of drug-likeness (QED) is 0.854. The number of aryl methyl sites for hydroxylation is 1. The van der Waals surface area contributed by atoms with E-state index in [1.807, 2.05) is 0 Å². The van der Waals surface area contributed by atoms with E-state index in [0.29, 0.717) is 18.2 Å². The summed E-state index contributed by atoms with van der Waals surface area (Å²) < 4.78 is 64.0. The molecule has 0 radical (unpaired) electrons. The van der Waals surface area contributed by atoms with Crippen molar-refractivity contribution in [3.8, 4) is 0 Å². The number of rotatable bonds is 5. The fourth-order valence-electron chi connectivity index (χ4n) is 1.66. The van der Waals surface area contributed by atoms with Crippen molar-refractivity contribution >= 4 is 27.3 Å². The van der Waals surface area contributed by atoms with E-state index in [4.69, 9.17) is 0 Å². The van der Waals surface area contributed by atoms with Crippen LogP contribution in [0.25, 0.3) is 0 Å². The Morgan fingerprint density at radius 1 is 1.46 bits per heavy atom. The van der Waals surface area contributed by atoms with Gasteiger partial charge in [-0.25, -0.2) is 9.71 Å². The second-order valence-electron chi connectivity index (χ2n) is 4.78. The third-order valence-electron chi connectivity index (χ3n) is 3.03. The lowest BCUT2D eigenvalue weighted by atomic mass is 10.3. The third kappa shape index (κ3) is 3.93. The normalized spacial score (nSPS) is 13.7. The van der Waals surface area contributed by atoms with Crippen LogP contribution < -0.4 is 4.72 Å². The first-order valence-corrected chi connectivity index (χ1v) is 9.04. The van der Waals surface area contributed by atoms with E-state index in [1.165, 1.54) is 6.92 Å². The molecule has 0 saturated heterocycles. The molecular formula is C12H13F3N4O3S2. The highest BCUT2D eigenvalue weighted by Gasteiger charge is 2.34. The van der Waals surface area contributed by atoms with Crippen molar-refractivity contribution in [3.63, 3.8) is 0 Å². The Morgan fingerprint density at radius 2 is 2.12 bits per heavy atom. The number of hydrogen-bond acceptors (Lipinski definition) is 6. The summed E-state index contributed by atoms with van der Waals surface area (Å²) in [6, 6.07) is -0.548. The van der Waals surface area contributed by atoms with Crippen LogP contribution in [0.15, 0.2) is 22.0 Å². The molecule has 24 heavy (non-hydrogen) atoms. The van der Waals surface area contributed by atoms with Crippen LogP contribution in [-0.4, -0.2) is 29.1 Å². The lowest BCUT2D eigenvalue weighted by Gasteiger charge is -2.12. The minimum atomic E-state index is -4.65. The molecule has 1 amide bonds. The van der Waals surface area contributed by atoms with Crippen molar-refractivity contribution in [2.45, 2.75) is 36.8 Å². The molecule has 2 rings (SSSR count). The maximum Gasteiger partial charge on any atom is 0.435 e. The van der Waals surface area contributed by atoms with Gasteiger partial charge in [0.25, 0.3) is 15.9 Å². The zero-order valence-corrected chi connectivity index (χ0v) is 14.2. The zero-order chi connectivity index (χ0) is 18.1. The number of thiazole rings is 1. The topological polar surface area (TPSA) is 94.0 Å². The van der Waals surface area contributed by atoms with E-state index in [9.17, 15) is 26.4 Å². The Balaban J connectivity index is 2.15. The molecule has 0 bridgehead atoms. The Bertz CT molecular complexity index is 842. The van der Waals surface area contributed by atoms with E-state index >= 15 is 0 Å². The van der Waals surface area contributed by atoms with Crippen LogP contribution in [0.3, 0.4) is 0 Å². The zero-order valence-electron chi connectivity index (χ0n) is 12.5. The van der Waals surface area contributed by atoms with Crippen LogP contribution in [0.2, 0.25) is 0 Å². The van der Waals surface area contributed by atoms with Crippen LogP contribution in [0.1, 0.15) is 31.3 Å². The van der Waals surface area contributed by atoms with Gasteiger partial charge >= 0.3 is 6.18 Å². The van der Waals surface area contributed by atoms with Gasteiger partial charge in [-0.3, -0.25) is 9.48 Å². The number of hydrogen-bond donors (Lipinski definition) is 1. The predicted molar refractivity (Wildman–Crippen MR) is 78.8 cm³/mol. The number of carbonyl (C=O) groups is 1. The van der Waals surface area contributed by atoms with Gasteiger partial charge in [0, 0.05) is 11.6 Å². The number of nitrogens with one attached hydrogen (secondary N) is 1. The van der Waals surface area contributed by atoms with Crippen LogP contribution >= 0.6 is 11.3 Å². The Kier molecular flexibility index (Phi) is 4.99. The summed E-state index contributed by atoms with van der Waals surface area (Å²) >= 11 is 0.853. The van der Waals surface area contributed by atoms with Crippen molar-refractivity contribution in [3.05, 3.63) is 29.0 Å². The maximum atomic E-state index is 12.5. The van der Waals surface area contributed by atoms with Gasteiger partial charge in [0.2, 0.25) is 4.34 Å². The van der Waals surface area contributed by atoms with Gasteiger partial charge in [-0.05, 0) is 19.4 Å². The van der Waals surface area contributed by atoms with Crippen molar-refractivity contribution in [2.75, 3.05) is 0 Å². The van der Waals surface area contributed by atoms with Gasteiger partial charge in [-0.15, -0.1) is 11.3 Å². The van der Waals surface area contributed by atoms with Crippen LogP contribution in [0.4, 0.5) is 13.2 Å². The first-order chi connectivity index (χ1) is 11.0. The standard InChI is InChI=1S/C12H13F3N4O3S2/c1-3-8-6-23-11(16-8)24(21,22)18-10(20)7(2)19-5-4-9(17-19)12(13,14)15/h4-7H,3H2,1-2H3,(H,18,20). The molecule has 132 valence electrons. The average Bonchev–Trinajstić information content (AvgIpc) is 3.14. The molecule has 0 saturated carbocycles. The molecule has 0 fully saturated rings. The van der Waals surface area contributed by atoms with Crippen LogP contribution in [0.5, 0.6) is 0 Å². The van der Waals surface area contributed by atoms with E-state index < -0.39 is 33.8 Å². The molecule has 0 aliphatic carbocycles. The van der Waals surface area contributed by atoms with Crippen LogP contribution in [0, 0.1) is 0 Å². The highest BCUT2D eigenvalue weighted by atomic mass is 32.2. The number of sulfonamides is 1. The van der Waals surface area contributed by atoms with Crippen molar-refractivity contribution in [2.24, 2.45) is 0 Å². The Morgan fingerprint density at radius 3 is 2.62 bits per heavy atom. The predicted octanol–water partition coefficient (Wildman–Crippen LogP) is 1.99. The second kappa shape index (κ2) is 6.51. The summed E-state index contributed by atoms with van der Waals surface area (Å²) in [6.45, 7) is 3.03. The smallest absolute Gasteiger partial charge is 0.272 e. The number of nitrogens with zero attached hydrogens (tertiary/aromatic N) is 3. The van der Waals surface area contributed by atoms with E-state index in [1.54, 1.807) is 17.0 Å². The molecule has 0 aromatic carbocycles. The number of aromatic nitrogens is 3. The van der Waals surface area contributed by atoms with E-state index in [2.05, 4.69) is 10.1 Å². The fourth-order valence-corrected chi connectivity index (χ4v) is 3.82. The number of halogens is 3. The minimum Gasteiger partial charge on any atom is -0.272 e. The molecule has 0 aliphatic rings. The second-order valence-corrected chi connectivity index (χ2v) is 7.50. The average molecular weight is 382 g/mol. The molecule has 1 unspecified atom stereocenters. The molecule has 7 nitrogen and oxygen atoms in total. The molecule has 2 aromatic rings. The largest absolute Gasteiger partial charge is 0.435 e. The fraction of sp³-hybridized carbons (Fsp3) is 0.417. The van der Waals surface area contributed by atoms with Gasteiger partial charge in [-0.2, -0.15) is 26.7 Å². The molecular weight excluding hydrogens is 369 g/mol. The molecule has 1 N–H and O–H groups in total. The van der Waals surface area contributed by atoms with Gasteiger partial charge in [0.15, 0.2) is 5.69 Å². The van der Waals surface area contributed by atoms with Gasteiger partial charge < -0.3 is 0 Å². The summed E-state index contributed by atoms with van der Waals surface area (Å²) in [5.74, 6) is -1.01. The molecule has 2 heterocycles. The van der Waals surface area contributed by atoms with Gasteiger partial charge in [0.05, 0.1) is 5.69 Å². The molecule has 0 spiro atoms. The monoisotopic (exact) mass is 382 g/mol. The minimum absolute atomic E-state index is 0.281. The van der Waals surface area contributed by atoms with Crippen molar-refractivity contribution < 1.29 is 26.4 Å². The van der Waals surface area contributed by atoms with E-state index in [-0.39, 0.29) is 4.34 Å². The highest BCUT2D eigenvalue weighted by molar-refractivity contribution is 7.92. The SMILES string of the molecule is CCc1csc(S(=O)(=O)NC(=O)C(C)n2ccc(C(F)(F)F)n2)n1. The lowest BCUT2D eigenvalue weighted by molar-refractivity contribution is -0.142. The number of alkyl halides is 3. The number of carbonyl (C=O) groups excluding carboxylic acids is 1. The highest BCUT2D eigenvalue weighted by Crippen LogP contribution is 2.28. The molecule has 12 heteroatoms. The molecule has 2 aromatic heterocycles. The Labute approximate surface area is 139 Å². The first kappa shape index (κ1) is 18.4. The van der Waals surface area contributed by atoms with Crippen LogP contribution in [-0.2, 0) is 27.4 Å². The Hall–Kier alpha value is -1.95. The van der Waals surface area contributed by atoms with E-state index in [0.717, 1.165) is 22.2 Å². The summed E-state index contributed by atoms with van der Waals surface area (Å²) in [6.07, 6.45) is -3.16. The van der Waals surface area contributed by atoms with Gasteiger partial charge in [0.1, 0.15) is 6.04 Å². The van der Waals surface area contributed by atoms with Crippen molar-refractivity contribution in [1.82, 2.24) is 19.5 Å². The summed E-state index contributed by atoms with van der Waals surface area (Å²) in [7, 11) is -4.18. The van der Waals surface area contributed by atoms with Gasteiger partial charge in [-0.1, -0.05) is 6.92 Å². The maximum absolute atomic E-state index is 12.5. The summed E-state index contributed by atoms with van der Waals surface area (Å²) in [5.41, 5.74) is -0.611. The number of amides is 1. The van der Waals surface area contributed by atoms with Crippen molar-refractivity contribution in [1.29, 1.82) is 0 Å². The first-order valence-electron chi connectivity index (χ1n) is 6.68.